The molecule has 0 spiro atoms. The van der Waals surface area contributed by atoms with Crippen molar-refractivity contribution in [1.82, 2.24) is 18.7 Å². The van der Waals surface area contributed by atoms with Gasteiger partial charge < -0.3 is 4.57 Å². The first-order valence-corrected chi connectivity index (χ1v) is 9.68. The highest BCUT2D eigenvalue weighted by Gasteiger charge is 2.31. The minimum Gasteiger partial charge on any atom is -0.320 e. The van der Waals surface area contributed by atoms with E-state index in [9.17, 15) is 18.4 Å². The van der Waals surface area contributed by atoms with Gasteiger partial charge in [0.15, 0.2) is 11.2 Å². The second-order valence-electron chi connectivity index (χ2n) is 7.56. The molecule has 5 rings (SSSR count). The summed E-state index contributed by atoms with van der Waals surface area (Å²) in [6.07, 6.45) is 2.83. The van der Waals surface area contributed by atoms with Crippen LogP contribution in [0.2, 0.25) is 0 Å². The molecule has 1 aliphatic carbocycles. The maximum absolute atomic E-state index is 14.2. The zero-order valence-corrected chi connectivity index (χ0v) is 16.2. The van der Waals surface area contributed by atoms with Crippen LogP contribution in [-0.4, -0.2) is 18.7 Å². The quantitative estimate of drug-likeness (QED) is 0.521. The molecular formula is C22H18F2N4O2. The molecule has 0 radical (unpaired) electrons. The Hall–Kier alpha value is -3.55. The number of nitrogens with zero attached hydrogens (tertiary/aromatic N) is 4. The van der Waals surface area contributed by atoms with Crippen molar-refractivity contribution in [3.8, 4) is 5.69 Å². The zero-order chi connectivity index (χ0) is 21.0. The molecule has 2 aromatic heterocycles. The predicted octanol–water partition coefficient (Wildman–Crippen LogP) is 3.32. The summed E-state index contributed by atoms with van der Waals surface area (Å²) < 4.78 is 32.5. The Bertz CT molecular complexity index is 1390. The number of hydrogen-bond donors (Lipinski definition) is 0. The van der Waals surface area contributed by atoms with E-state index in [0.717, 1.165) is 18.4 Å². The Morgan fingerprint density at radius 1 is 1.03 bits per heavy atom. The number of para-hydroxylation sites is 1. The van der Waals surface area contributed by atoms with E-state index < -0.39 is 22.9 Å². The van der Waals surface area contributed by atoms with Crippen LogP contribution < -0.4 is 11.2 Å². The fourth-order valence-corrected chi connectivity index (χ4v) is 3.81. The van der Waals surface area contributed by atoms with Crippen LogP contribution in [0.3, 0.4) is 0 Å². The molecule has 1 aliphatic rings. The summed E-state index contributed by atoms with van der Waals surface area (Å²) in [7, 11) is 0. The standard InChI is InChI=1S/C22H18F2N4O2/c1-13-5-2-3-8-18(13)28-20-19(21(29)27(22(28)30)14-9-10-14)26(12-25-20)11-15-16(23)6-4-7-17(15)24/h2-8,12,14H,9-11H2,1H3. The van der Waals surface area contributed by atoms with Crippen LogP contribution in [0.5, 0.6) is 0 Å². The summed E-state index contributed by atoms with van der Waals surface area (Å²) in [5, 5.41) is 0. The molecule has 30 heavy (non-hydrogen) atoms. The van der Waals surface area contributed by atoms with E-state index in [2.05, 4.69) is 4.98 Å². The third-order valence-corrected chi connectivity index (χ3v) is 5.51. The predicted molar refractivity (Wildman–Crippen MR) is 108 cm³/mol. The molecule has 0 atom stereocenters. The van der Waals surface area contributed by atoms with Crippen LogP contribution in [0, 0.1) is 18.6 Å². The number of aromatic nitrogens is 4. The Kier molecular flexibility index (Phi) is 4.16. The van der Waals surface area contributed by atoms with Gasteiger partial charge in [0.25, 0.3) is 5.56 Å². The first-order valence-electron chi connectivity index (χ1n) is 9.68. The first-order chi connectivity index (χ1) is 14.5. The van der Waals surface area contributed by atoms with E-state index >= 15 is 0 Å². The summed E-state index contributed by atoms with van der Waals surface area (Å²) in [6.45, 7) is 1.66. The van der Waals surface area contributed by atoms with E-state index in [0.29, 0.717) is 5.69 Å². The van der Waals surface area contributed by atoms with Gasteiger partial charge in [-0.25, -0.2) is 23.1 Å². The number of rotatable bonds is 4. The molecule has 152 valence electrons. The van der Waals surface area contributed by atoms with Crippen molar-refractivity contribution in [3.63, 3.8) is 0 Å². The lowest BCUT2D eigenvalue weighted by Crippen LogP contribution is -2.39. The van der Waals surface area contributed by atoms with Crippen LogP contribution in [0.1, 0.15) is 30.0 Å². The molecule has 0 aliphatic heterocycles. The molecule has 2 aromatic carbocycles. The van der Waals surface area contributed by atoms with Crippen molar-refractivity contribution in [2.45, 2.75) is 32.4 Å². The highest BCUT2D eigenvalue weighted by molar-refractivity contribution is 5.73. The van der Waals surface area contributed by atoms with E-state index in [-0.39, 0.29) is 29.3 Å². The Morgan fingerprint density at radius 2 is 1.73 bits per heavy atom. The summed E-state index contributed by atoms with van der Waals surface area (Å²) in [4.78, 5) is 30.8. The van der Waals surface area contributed by atoms with Gasteiger partial charge in [0.1, 0.15) is 11.6 Å². The van der Waals surface area contributed by atoms with Gasteiger partial charge in [0.2, 0.25) is 0 Å². The van der Waals surface area contributed by atoms with Crippen LogP contribution in [-0.2, 0) is 6.54 Å². The maximum atomic E-state index is 14.2. The molecule has 0 amide bonds. The van der Waals surface area contributed by atoms with Gasteiger partial charge in [-0.15, -0.1) is 0 Å². The monoisotopic (exact) mass is 408 g/mol. The van der Waals surface area contributed by atoms with E-state index in [1.807, 2.05) is 19.1 Å². The smallest absolute Gasteiger partial charge is 0.320 e. The number of fused-ring (bicyclic) bond motifs is 1. The van der Waals surface area contributed by atoms with Crippen molar-refractivity contribution >= 4 is 11.2 Å². The Morgan fingerprint density at radius 3 is 2.40 bits per heavy atom. The van der Waals surface area contributed by atoms with Crippen LogP contribution in [0.25, 0.3) is 16.9 Å². The molecule has 0 bridgehead atoms. The zero-order valence-electron chi connectivity index (χ0n) is 16.2. The lowest BCUT2D eigenvalue weighted by Gasteiger charge is -2.14. The molecule has 2 heterocycles. The Balaban J connectivity index is 1.82. The fraction of sp³-hybridized carbons (Fsp3) is 0.227. The number of benzene rings is 2. The lowest BCUT2D eigenvalue weighted by atomic mass is 10.2. The number of halogens is 2. The van der Waals surface area contributed by atoms with Gasteiger partial charge >= 0.3 is 5.69 Å². The molecule has 1 saturated carbocycles. The highest BCUT2D eigenvalue weighted by Crippen LogP contribution is 2.33. The SMILES string of the molecule is Cc1ccccc1-n1c(=O)n(C2CC2)c(=O)c2c1ncn2Cc1c(F)cccc1F. The van der Waals surface area contributed by atoms with Crippen molar-refractivity contribution in [1.29, 1.82) is 0 Å². The maximum Gasteiger partial charge on any atom is 0.337 e. The summed E-state index contributed by atoms with van der Waals surface area (Å²) in [5.74, 6) is -1.40. The van der Waals surface area contributed by atoms with Crippen molar-refractivity contribution < 1.29 is 8.78 Å². The minimum absolute atomic E-state index is 0.146. The van der Waals surface area contributed by atoms with Crippen molar-refractivity contribution in [3.05, 3.63) is 92.4 Å². The molecule has 0 saturated heterocycles. The van der Waals surface area contributed by atoms with E-state index in [1.54, 1.807) is 12.1 Å². The molecule has 1 fully saturated rings. The second-order valence-corrected chi connectivity index (χ2v) is 7.56. The number of imidazole rings is 1. The van der Waals surface area contributed by atoms with E-state index in [1.165, 1.54) is 38.2 Å². The third-order valence-electron chi connectivity index (χ3n) is 5.51. The van der Waals surface area contributed by atoms with Crippen LogP contribution in [0.4, 0.5) is 8.78 Å². The van der Waals surface area contributed by atoms with Gasteiger partial charge in [0, 0.05) is 11.6 Å². The minimum atomic E-state index is -0.702. The van der Waals surface area contributed by atoms with Gasteiger partial charge in [-0.1, -0.05) is 24.3 Å². The van der Waals surface area contributed by atoms with Gasteiger partial charge in [0.05, 0.1) is 18.6 Å². The fourth-order valence-electron chi connectivity index (χ4n) is 3.81. The third kappa shape index (κ3) is 2.79. The first kappa shape index (κ1) is 18.5. The summed E-state index contributed by atoms with van der Waals surface area (Å²) >= 11 is 0. The van der Waals surface area contributed by atoms with E-state index in [4.69, 9.17) is 0 Å². The van der Waals surface area contributed by atoms with Crippen LogP contribution in [0.15, 0.2) is 58.4 Å². The lowest BCUT2D eigenvalue weighted by molar-refractivity contribution is 0.545. The molecular weight excluding hydrogens is 390 g/mol. The molecule has 6 nitrogen and oxygen atoms in total. The van der Waals surface area contributed by atoms with Gasteiger partial charge in [-0.05, 0) is 43.5 Å². The summed E-state index contributed by atoms with van der Waals surface area (Å²) in [5.41, 5.74) is 0.673. The molecule has 8 heteroatoms. The normalized spacial score (nSPS) is 13.8. The number of aryl methyl sites for hydroxylation is 1. The second kappa shape index (κ2) is 6.76. The molecule has 0 unspecified atom stereocenters. The summed E-state index contributed by atoms with van der Waals surface area (Å²) in [6, 6.07) is 10.8. The largest absolute Gasteiger partial charge is 0.337 e. The highest BCUT2D eigenvalue weighted by atomic mass is 19.1. The van der Waals surface area contributed by atoms with Gasteiger partial charge in [-0.3, -0.25) is 9.36 Å². The average Bonchev–Trinajstić information content (AvgIpc) is 3.46. The molecule has 4 aromatic rings. The Labute approximate surface area is 169 Å². The van der Waals surface area contributed by atoms with Crippen molar-refractivity contribution in [2.75, 3.05) is 0 Å². The average molecular weight is 408 g/mol. The number of hydrogen-bond acceptors (Lipinski definition) is 3. The topological polar surface area (TPSA) is 61.8 Å². The van der Waals surface area contributed by atoms with Gasteiger partial charge in [-0.2, -0.15) is 0 Å². The molecule has 0 N–H and O–H groups in total. The van der Waals surface area contributed by atoms with Crippen LogP contribution >= 0.6 is 0 Å². The van der Waals surface area contributed by atoms with Crippen molar-refractivity contribution in [2.24, 2.45) is 0 Å².